The van der Waals surface area contributed by atoms with E-state index in [0.717, 1.165) is 0 Å². The van der Waals surface area contributed by atoms with Crippen molar-refractivity contribution in [1.29, 1.82) is 0 Å². The molecular weight excluding hydrogens is 388 g/mol. The topological polar surface area (TPSA) is 123 Å². The highest BCUT2D eigenvalue weighted by atomic mass is 35.5. The van der Waals surface area contributed by atoms with Crippen LogP contribution in [0.2, 0.25) is 5.02 Å². The lowest BCUT2D eigenvalue weighted by molar-refractivity contribution is -0.384. The third-order valence-corrected chi connectivity index (χ3v) is 4.10. The highest BCUT2D eigenvalue weighted by Gasteiger charge is 2.17. The van der Waals surface area contributed by atoms with Crippen molar-refractivity contribution >= 4 is 40.5 Å². The zero-order valence-corrected chi connectivity index (χ0v) is 16.0. The van der Waals surface area contributed by atoms with E-state index in [1.165, 1.54) is 43.5 Å². The van der Waals surface area contributed by atoms with Crippen LogP contribution in [-0.4, -0.2) is 44.0 Å². The standard InChI is InChI=1S/C18H19ClN4O5/c1-20-16-6-4-12(23(26)27)10-14(16)18(25)22-11-3-5-13(15(19)9-11)17(24)21-7-8-28-2/h3-6,9-10,20H,7-8H2,1-2H3,(H,21,24)(H,22,25). The average molecular weight is 407 g/mol. The second kappa shape index (κ2) is 9.67. The summed E-state index contributed by atoms with van der Waals surface area (Å²) in [6.45, 7) is 0.707. The number of non-ortho nitro benzene ring substituents is 1. The Labute approximate surface area is 166 Å². The molecule has 0 radical (unpaired) electrons. The van der Waals surface area contributed by atoms with Crippen LogP contribution in [-0.2, 0) is 4.74 Å². The summed E-state index contributed by atoms with van der Waals surface area (Å²) in [5, 5.41) is 19.2. The number of benzene rings is 2. The molecular formula is C18H19ClN4O5. The number of nitrogens with zero attached hydrogens (tertiary/aromatic N) is 1. The highest BCUT2D eigenvalue weighted by molar-refractivity contribution is 6.34. The molecule has 0 aromatic heterocycles. The number of nitro benzene ring substituents is 1. The molecule has 2 aromatic rings. The van der Waals surface area contributed by atoms with Gasteiger partial charge in [-0.3, -0.25) is 19.7 Å². The molecule has 0 atom stereocenters. The summed E-state index contributed by atoms with van der Waals surface area (Å²) in [6, 6.07) is 8.36. The molecule has 2 aromatic carbocycles. The van der Waals surface area contributed by atoms with E-state index in [4.69, 9.17) is 16.3 Å². The zero-order chi connectivity index (χ0) is 20.7. The fourth-order valence-electron chi connectivity index (χ4n) is 2.39. The molecule has 0 saturated heterocycles. The van der Waals surface area contributed by atoms with Crippen molar-refractivity contribution in [2.24, 2.45) is 0 Å². The summed E-state index contributed by atoms with van der Waals surface area (Å²) < 4.78 is 4.86. The van der Waals surface area contributed by atoms with Gasteiger partial charge in [-0.05, 0) is 24.3 Å². The van der Waals surface area contributed by atoms with Crippen molar-refractivity contribution < 1.29 is 19.2 Å². The van der Waals surface area contributed by atoms with E-state index in [-0.39, 0.29) is 27.7 Å². The minimum Gasteiger partial charge on any atom is -0.387 e. The Morgan fingerprint density at radius 1 is 1.14 bits per heavy atom. The summed E-state index contributed by atoms with van der Waals surface area (Å²) in [4.78, 5) is 35.0. The quantitative estimate of drug-likeness (QED) is 0.352. The molecule has 0 aliphatic heterocycles. The van der Waals surface area contributed by atoms with Gasteiger partial charge in [-0.15, -0.1) is 0 Å². The first-order valence-corrected chi connectivity index (χ1v) is 8.59. The number of nitrogens with one attached hydrogen (secondary N) is 3. The summed E-state index contributed by atoms with van der Waals surface area (Å²) in [6.07, 6.45) is 0. The molecule has 0 aliphatic carbocycles. The van der Waals surface area contributed by atoms with Gasteiger partial charge in [0.15, 0.2) is 0 Å². The van der Waals surface area contributed by atoms with Gasteiger partial charge in [0.2, 0.25) is 0 Å². The van der Waals surface area contributed by atoms with Crippen molar-refractivity contribution in [3.8, 4) is 0 Å². The molecule has 3 N–H and O–H groups in total. The number of carbonyl (C=O) groups excluding carboxylic acids is 2. The molecule has 0 aliphatic rings. The number of nitro groups is 1. The Kier molecular flexibility index (Phi) is 7.30. The van der Waals surface area contributed by atoms with E-state index >= 15 is 0 Å². The van der Waals surface area contributed by atoms with Gasteiger partial charge < -0.3 is 20.7 Å². The number of ether oxygens (including phenoxy) is 1. The maximum Gasteiger partial charge on any atom is 0.270 e. The molecule has 28 heavy (non-hydrogen) atoms. The highest BCUT2D eigenvalue weighted by Crippen LogP contribution is 2.25. The number of hydrogen-bond donors (Lipinski definition) is 3. The van der Waals surface area contributed by atoms with Gasteiger partial charge in [-0.1, -0.05) is 11.6 Å². The molecule has 0 fully saturated rings. The summed E-state index contributed by atoms with van der Waals surface area (Å²) in [5.41, 5.74) is 0.932. The molecule has 0 unspecified atom stereocenters. The van der Waals surface area contributed by atoms with E-state index in [9.17, 15) is 19.7 Å². The third-order valence-electron chi connectivity index (χ3n) is 3.79. The third kappa shape index (κ3) is 5.18. The lowest BCUT2D eigenvalue weighted by Crippen LogP contribution is -2.27. The first kappa shape index (κ1) is 21.1. The van der Waals surface area contributed by atoms with Gasteiger partial charge in [0, 0.05) is 44.2 Å². The summed E-state index contributed by atoms with van der Waals surface area (Å²) in [5.74, 6) is -0.919. The van der Waals surface area contributed by atoms with Crippen molar-refractivity contribution in [3.63, 3.8) is 0 Å². The predicted octanol–water partition coefficient (Wildman–Crippen LogP) is 2.92. The van der Waals surface area contributed by atoms with Gasteiger partial charge in [-0.25, -0.2) is 0 Å². The molecule has 0 spiro atoms. The number of rotatable bonds is 8. The van der Waals surface area contributed by atoms with Gasteiger partial charge in [0.05, 0.1) is 27.7 Å². The Morgan fingerprint density at radius 3 is 2.50 bits per heavy atom. The summed E-state index contributed by atoms with van der Waals surface area (Å²) in [7, 11) is 3.13. The molecule has 2 amide bonds. The maximum atomic E-state index is 12.6. The molecule has 9 nitrogen and oxygen atoms in total. The van der Waals surface area contributed by atoms with Crippen LogP contribution >= 0.6 is 11.6 Å². The predicted molar refractivity (Wildman–Crippen MR) is 106 cm³/mol. The van der Waals surface area contributed by atoms with E-state index < -0.39 is 10.8 Å². The minimum absolute atomic E-state index is 0.106. The first-order chi connectivity index (χ1) is 13.4. The number of hydrogen-bond acceptors (Lipinski definition) is 6. The largest absolute Gasteiger partial charge is 0.387 e. The summed E-state index contributed by atoms with van der Waals surface area (Å²) >= 11 is 6.15. The number of methoxy groups -OCH3 is 1. The minimum atomic E-state index is -0.579. The Bertz CT molecular complexity index is 904. The van der Waals surface area contributed by atoms with E-state index in [1.807, 2.05) is 0 Å². The van der Waals surface area contributed by atoms with Crippen molar-refractivity contribution in [1.82, 2.24) is 5.32 Å². The van der Waals surface area contributed by atoms with E-state index in [2.05, 4.69) is 16.0 Å². The first-order valence-electron chi connectivity index (χ1n) is 8.21. The van der Waals surface area contributed by atoms with Crippen LogP contribution in [0.15, 0.2) is 36.4 Å². The van der Waals surface area contributed by atoms with Crippen molar-refractivity contribution in [2.45, 2.75) is 0 Å². The lowest BCUT2D eigenvalue weighted by atomic mass is 10.1. The lowest BCUT2D eigenvalue weighted by Gasteiger charge is -2.11. The van der Waals surface area contributed by atoms with Gasteiger partial charge in [0.1, 0.15) is 0 Å². The monoisotopic (exact) mass is 406 g/mol. The Balaban J connectivity index is 2.19. The van der Waals surface area contributed by atoms with Crippen LogP contribution in [0, 0.1) is 10.1 Å². The van der Waals surface area contributed by atoms with Crippen LogP contribution in [0.4, 0.5) is 17.1 Å². The average Bonchev–Trinajstić information content (AvgIpc) is 2.67. The van der Waals surface area contributed by atoms with Crippen molar-refractivity contribution in [2.75, 3.05) is 37.9 Å². The van der Waals surface area contributed by atoms with Crippen LogP contribution in [0.25, 0.3) is 0 Å². The molecule has 2 rings (SSSR count). The van der Waals surface area contributed by atoms with Crippen molar-refractivity contribution in [3.05, 3.63) is 62.7 Å². The van der Waals surface area contributed by atoms with E-state index in [1.54, 1.807) is 7.05 Å². The maximum absolute atomic E-state index is 12.6. The van der Waals surface area contributed by atoms with Crippen LogP contribution < -0.4 is 16.0 Å². The second-order valence-corrected chi connectivity index (χ2v) is 6.04. The Morgan fingerprint density at radius 2 is 1.89 bits per heavy atom. The fourth-order valence-corrected chi connectivity index (χ4v) is 2.66. The smallest absolute Gasteiger partial charge is 0.270 e. The Hall–Kier alpha value is -3.17. The molecule has 10 heteroatoms. The van der Waals surface area contributed by atoms with Gasteiger partial charge in [-0.2, -0.15) is 0 Å². The zero-order valence-electron chi connectivity index (χ0n) is 15.2. The number of amides is 2. The number of halogens is 1. The molecule has 0 bridgehead atoms. The van der Waals surface area contributed by atoms with Crippen LogP contribution in [0.1, 0.15) is 20.7 Å². The number of carbonyl (C=O) groups is 2. The van der Waals surface area contributed by atoms with E-state index in [0.29, 0.717) is 24.5 Å². The van der Waals surface area contributed by atoms with Crippen LogP contribution in [0.5, 0.6) is 0 Å². The molecule has 0 heterocycles. The number of anilines is 2. The van der Waals surface area contributed by atoms with Gasteiger partial charge in [0.25, 0.3) is 17.5 Å². The van der Waals surface area contributed by atoms with Crippen LogP contribution in [0.3, 0.4) is 0 Å². The molecule has 0 saturated carbocycles. The molecule has 148 valence electrons. The SMILES string of the molecule is CNc1ccc([N+](=O)[O-])cc1C(=O)Nc1ccc(C(=O)NCCOC)c(Cl)c1. The normalized spacial score (nSPS) is 10.2. The second-order valence-electron chi connectivity index (χ2n) is 5.63. The fraction of sp³-hybridized carbons (Fsp3) is 0.222. The van der Waals surface area contributed by atoms with Gasteiger partial charge >= 0.3 is 0 Å².